The van der Waals surface area contributed by atoms with Gasteiger partial charge in [0.05, 0.1) is 4.88 Å². The maximum absolute atomic E-state index is 12.3. The Labute approximate surface area is 133 Å². The minimum Gasteiger partial charge on any atom is -0.480 e. The first-order chi connectivity index (χ1) is 10.6. The lowest BCUT2D eigenvalue weighted by Gasteiger charge is -2.58. The van der Waals surface area contributed by atoms with E-state index in [9.17, 15) is 14.7 Å². The summed E-state index contributed by atoms with van der Waals surface area (Å²) >= 11 is 1.36. The Kier molecular flexibility index (Phi) is 3.29. The SMILES string of the molecule is O=C(NC(C(=O)O)C12CC3CC(CC(C3)C1)C2)c1cccs1. The van der Waals surface area contributed by atoms with Crippen molar-refractivity contribution in [1.82, 2.24) is 5.32 Å². The minimum atomic E-state index is -0.869. The average molecular weight is 319 g/mol. The molecule has 4 aliphatic carbocycles. The Morgan fingerprint density at radius 3 is 2.23 bits per heavy atom. The first kappa shape index (κ1) is 14.2. The molecule has 5 heteroatoms. The number of rotatable bonds is 4. The van der Waals surface area contributed by atoms with Gasteiger partial charge in [0.25, 0.3) is 5.91 Å². The fourth-order valence-electron chi connectivity index (χ4n) is 5.62. The lowest BCUT2D eigenvalue weighted by atomic mass is 9.47. The maximum Gasteiger partial charge on any atom is 0.326 e. The van der Waals surface area contributed by atoms with E-state index < -0.39 is 12.0 Å². The molecule has 4 bridgehead atoms. The van der Waals surface area contributed by atoms with Gasteiger partial charge in [-0.05, 0) is 67.7 Å². The third kappa shape index (κ3) is 2.26. The summed E-state index contributed by atoms with van der Waals surface area (Å²) < 4.78 is 0. The normalized spacial score (nSPS) is 37.0. The van der Waals surface area contributed by atoms with E-state index in [-0.39, 0.29) is 11.3 Å². The van der Waals surface area contributed by atoms with Crippen molar-refractivity contribution in [2.75, 3.05) is 0 Å². The van der Waals surface area contributed by atoms with E-state index in [1.54, 1.807) is 6.07 Å². The molecule has 4 aliphatic rings. The van der Waals surface area contributed by atoms with Crippen molar-refractivity contribution in [3.8, 4) is 0 Å². The van der Waals surface area contributed by atoms with Crippen LogP contribution in [0.1, 0.15) is 48.2 Å². The molecule has 1 aromatic heterocycles. The number of hydrogen-bond donors (Lipinski definition) is 2. The second-order valence-corrected chi connectivity index (χ2v) is 8.45. The minimum absolute atomic E-state index is 0.215. The highest BCUT2D eigenvalue weighted by Gasteiger charge is 2.56. The molecule has 0 aromatic carbocycles. The summed E-state index contributed by atoms with van der Waals surface area (Å²) in [7, 11) is 0. The predicted octanol–water partition coefficient (Wildman–Crippen LogP) is 3.15. The van der Waals surface area contributed by atoms with Crippen molar-refractivity contribution in [3.63, 3.8) is 0 Å². The van der Waals surface area contributed by atoms with Gasteiger partial charge in [-0.2, -0.15) is 0 Å². The molecule has 0 aliphatic heterocycles. The molecule has 118 valence electrons. The van der Waals surface area contributed by atoms with Gasteiger partial charge in [0.2, 0.25) is 0 Å². The van der Waals surface area contributed by atoms with Gasteiger partial charge in [-0.1, -0.05) is 6.07 Å². The molecule has 1 heterocycles. The molecule has 4 nitrogen and oxygen atoms in total. The fraction of sp³-hybridized carbons (Fsp3) is 0.647. The molecule has 4 saturated carbocycles. The molecule has 0 spiro atoms. The highest BCUT2D eigenvalue weighted by atomic mass is 32.1. The molecule has 5 rings (SSSR count). The quantitative estimate of drug-likeness (QED) is 0.896. The number of carbonyl (C=O) groups excluding carboxylic acids is 1. The van der Waals surface area contributed by atoms with Crippen LogP contribution in [0.3, 0.4) is 0 Å². The van der Waals surface area contributed by atoms with Crippen molar-refractivity contribution < 1.29 is 14.7 Å². The lowest BCUT2D eigenvalue weighted by Crippen LogP contribution is -2.59. The number of hydrogen-bond acceptors (Lipinski definition) is 3. The summed E-state index contributed by atoms with van der Waals surface area (Å²) in [5, 5.41) is 14.5. The smallest absolute Gasteiger partial charge is 0.326 e. The molecular weight excluding hydrogens is 298 g/mol. The van der Waals surface area contributed by atoms with E-state index >= 15 is 0 Å². The standard InChI is InChI=1S/C17H21NO3S/c19-15(13-2-1-3-22-13)18-14(16(20)21)17-7-10-4-11(8-17)6-12(5-10)9-17/h1-3,10-12,14H,4-9H2,(H,18,19)(H,20,21). The summed E-state index contributed by atoms with van der Waals surface area (Å²) in [4.78, 5) is 24.9. The number of carboxylic acids is 1. The van der Waals surface area contributed by atoms with E-state index in [1.165, 1.54) is 30.6 Å². The van der Waals surface area contributed by atoms with E-state index in [2.05, 4.69) is 5.32 Å². The molecule has 0 radical (unpaired) electrons. The largest absolute Gasteiger partial charge is 0.480 e. The van der Waals surface area contributed by atoms with Crippen LogP contribution in [-0.2, 0) is 4.79 Å². The molecule has 2 N–H and O–H groups in total. The highest BCUT2D eigenvalue weighted by molar-refractivity contribution is 7.12. The summed E-state index contributed by atoms with van der Waals surface area (Å²) in [5.74, 6) is 0.912. The summed E-state index contributed by atoms with van der Waals surface area (Å²) in [6.45, 7) is 0. The maximum atomic E-state index is 12.3. The molecule has 1 aromatic rings. The molecule has 1 unspecified atom stereocenters. The van der Waals surface area contributed by atoms with Gasteiger partial charge in [-0.25, -0.2) is 4.79 Å². The van der Waals surface area contributed by atoms with Gasteiger partial charge in [0.15, 0.2) is 0 Å². The average Bonchev–Trinajstić information content (AvgIpc) is 2.96. The highest BCUT2D eigenvalue weighted by Crippen LogP contribution is 2.61. The number of nitrogens with one attached hydrogen (secondary N) is 1. The van der Waals surface area contributed by atoms with Gasteiger partial charge in [0.1, 0.15) is 6.04 Å². The number of thiophene rings is 1. The number of carbonyl (C=O) groups is 2. The van der Waals surface area contributed by atoms with E-state index in [1.807, 2.05) is 11.4 Å². The zero-order valence-electron chi connectivity index (χ0n) is 12.5. The molecule has 0 saturated heterocycles. The van der Waals surface area contributed by atoms with Crippen LogP contribution in [-0.4, -0.2) is 23.0 Å². The second kappa shape index (κ2) is 5.08. The molecule has 22 heavy (non-hydrogen) atoms. The predicted molar refractivity (Wildman–Crippen MR) is 83.8 cm³/mol. The van der Waals surface area contributed by atoms with Crippen LogP contribution >= 0.6 is 11.3 Å². The van der Waals surface area contributed by atoms with Crippen molar-refractivity contribution in [2.24, 2.45) is 23.2 Å². The summed E-state index contributed by atoms with van der Waals surface area (Å²) in [6.07, 6.45) is 6.72. The van der Waals surface area contributed by atoms with Crippen LogP contribution in [0, 0.1) is 23.2 Å². The Hall–Kier alpha value is -1.36. The Morgan fingerprint density at radius 2 is 1.77 bits per heavy atom. The van der Waals surface area contributed by atoms with E-state index in [0.29, 0.717) is 22.6 Å². The van der Waals surface area contributed by atoms with Crippen LogP contribution < -0.4 is 5.32 Å². The van der Waals surface area contributed by atoms with Gasteiger partial charge in [0, 0.05) is 5.41 Å². The first-order valence-electron chi connectivity index (χ1n) is 8.13. The zero-order valence-corrected chi connectivity index (χ0v) is 13.3. The van der Waals surface area contributed by atoms with Crippen LogP contribution in [0.2, 0.25) is 0 Å². The Bertz CT molecular complexity index is 560. The molecule has 4 fully saturated rings. The fourth-order valence-corrected chi connectivity index (χ4v) is 6.24. The molecular formula is C17H21NO3S. The van der Waals surface area contributed by atoms with Crippen LogP contribution in [0.4, 0.5) is 0 Å². The first-order valence-corrected chi connectivity index (χ1v) is 9.01. The monoisotopic (exact) mass is 319 g/mol. The van der Waals surface area contributed by atoms with Crippen LogP contribution in [0.25, 0.3) is 0 Å². The van der Waals surface area contributed by atoms with E-state index in [4.69, 9.17) is 0 Å². The zero-order chi connectivity index (χ0) is 15.3. The molecule has 1 atom stereocenters. The number of amides is 1. The van der Waals surface area contributed by atoms with Crippen LogP contribution in [0.5, 0.6) is 0 Å². The third-order valence-electron chi connectivity index (χ3n) is 5.97. The lowest BCUT2D eigenvalue weighted by molar-refractivity contribution is -0.150. The third-order valence-corrected chi connectivity index (χ3v) is 6.83. The van der Waals surface area contributed by atoms with Crippen molar-refractivity contribution in [2.45, 2.75) is 44.6 Å². The Balaban J connectivity index is 1.59. The van der Waals surface area contributed by atoms with Gasteiger partial charge in [-0.15, -0.1) is 11.3 Å². The van der Waals surface area contributed by atoms with Crippen molar-refractivity contribution >= 4 is 23.2 Å². The van der Waals surface area contributed by atoms with Gasteiger partial charge < -0.3 is 10.4 Å². The van der Waals surface area contributed by atoms with Crippen molar-refractivity contribution in [1.29, 1.82) is 0 Å². The van der Waals surface area contributed by atoms with E-state index in [0.717, 1.165) is 19.3 Å². The van der Waals surface area contributed by atoms with Gasteiger partial charge >= 0.3 is 5.97 Å². The topological polar surface area (TPSA) is 66.4 Å². The number of carboxylic acid groups (broad SMARTS) is 1. The second-order valence-electron chi connectivity index (χ2n) is 7.50. The summed E-state index contributed by atoms with van der Waals surface area (Å²) in [6, 6.07) is 2.83. The summed E-state index contributed by atoms with van der Waals surface area (Å²) in [5.41, 5.74) is -0.215. The Morgan fingerprint density at radius 1 is 1.18 bits per heavy atom. The van der Waals surface area contributed by atoms with Crippen LogP contribution in [0.15, 0.2) is 17.5 Å². The van der Waals surface area contributed by atoms with Crippen molar-refractivity contribution in [3.05, 3.63) is 22.4 Å². The number of aliphatic carboxylic acids is 1. The van der Waals surface area contributed by atoms with Gasteiger partial charge in [-0.3, -0.25) is 4.79 Å². The molecule has 1 amide bonds.